The lowest BCUT2D eigenvalue weighted by molar-refractivity contribution is -0.132. The van der Waals surface area contributed by atoms with Gasteiger partial charge in [-0.25, -0.2) is 9.97 Å². The van der Waals surface area contributed by atoms with Gasteiger partial charge < -0.3 is 10.2 Å². The SMILES string of the molecule is Cc1nc(CN(C)C(=O)C(C)NC(=O)c2cccs2)nc2ccccc12. The second-order valence-electron chi connectivity index (χ2n) is 6.11. The number of likely N-dealkylation sites (N-methyl/N-ethyl adjacent to an activating group) is 1. The van der Waals surface area contributed by atoms with Crippen LogP contribution in [0.3, 0.4) is 0 Å². The molecule has 3 rings (SSSR count). The Kier molecular flexibility index (Phi) is 5.27. The molecule has 0 radical (unpaired) electrons. The van der Waals surface area contributed by atoms with Gasteiger partial charge in [-0.05, 0) is 31.4 Å². The van der Waals surface area contributed by atoms with Gasteiger partial charge in [-0.1, -0.05) is 24.3 Å². The summed E-state index contributed by atoms with van der Waals surface area (Å²) in [4.78, 5) is 35.8. The molecule has 7 heteroatoms. The van der Waals surface area contributed by atoms with E-state index in [1.807, 2.05) is 36.6 Å². The van der Waals surface area contributed by atoms with Crippen LogP contribution in [-0.4, -0.2) is 39.8 Å². The van der Waals surface area contributed by atoms with Crippen molar-refractivity contribution in [3.63, 3.8) is 0 Å². The highest BCUT2D eigenvalue weighted by Crippen LogP contribution is 2.15. The number of nitrogens with one attached hydrogen (secondary N) is 1. The van der Waals surface area contributed by atoms with Crippen LogP contribution in [0.15, 0.2) is 41.8 Å². The van der Waals surface area contributed by atoms with E-state index in [0.29, 0.717) is 10.7 Å². The number of carbonyl (C=O) groups excluding carboxylic acids is 2. The molecule has 0 spiro atoms. The molecule has 1 aromatic carbocycles. The normalized spacial score (nSPS) is 12.0. The minimum Gasteiger partial charge on any atom is -0.340 e. The van der Waals surface area contributed by atoms with Crippen molar-refractivity contribution in [3.8, 4) is 0 Å². The van der Waals surface area contributed by atoms with Crippen LogP contribution >= 0.6 is 11.3 Å². The number of para-hydroxylation sites is 1. The van der Waals surface area contributed by atoms with Crippen molar-refractivity contribution in [2.45, 2.75) is 26.4 Å². The maximum atomic E-state index is 12.6. The Balaban J connectivity index is 1.68. The van der Waals surface area contributed by atoms with Gasteiger partial charge in [0.2, 0.25) is 5.91 Å². The lowest BCUT2D eigenvalue weighted by atomic mass is 10.2. The van der Waals surface area contributed by atoms with Gasteiger partial charge >= 0.3 is 0 Å². The number of fused-ring (bicyclic) bond motifs is 1. The van der Waals surface area contributed by atoms with Crippen molar-refractivity contribution < 1.29 is 9.59 Å². The third-order valence-electron chi connectivity index (χ3n) is 4.06. The van der Waals surface area contributed by atoms with Gasteiger partial charge in [-0.3, -0.25) is 9.59 Å². The van der Waals surface area contributed by atoms with Crippen LogP contribution in [0.5, 0.6) is 0 Å². The summed E-state index contributed by atoms with van der Waals surface area (Å²) in [6.07, 6.45) is 0. The summed E-state index contributed by atoms with van der Waals surface area (Å²) in [6.45, 7) is 3.89. The molecule has 1 unspecified atom stereocenters. The van der Waals surface area contributed by atoms with Crippen LogP contribution in [0.1, 0.15) is 28.1 Å². The minimum atomic E-state index is -0.629. The lowest BCUT2D eigenvalue weighted by Gasteiger charge is -2.21. The van der Waals surface area contributed by atoms with Gasteiger partial charge in [-0.2, -0.15) is 0 Å². The first-order chi connectivity index (χ1) is 12.5. The first kappa shape index (κ1) is 18.0. The zero-order valence-electron chi connectivity index (χ0n) is 14.9. The van der Waals surface area contributed by atoms with Crippen LogP contribution < -0.4 is 5.32 Å². The van der Waals surface area contributed by atoms with E-state index in [-0.39, 0.29) is 18.4 Å². The van der Waals surface area contributed by atoms with Gasteiger partial charge in [0.1, 0.15) is 11.9 Å². The van der Waals surface area contributed by atoms with Crippen LogP contribution in [0.2, 0.25) is 0 Å². The molecular formula is C19H20N4O2S. The van der Waals surface area contributed by atoms with Crippen LogP contribution in [-0.2, 0) is 11.3 Å². The van der Waals surface area contributed by atoms with E-state index in [1.165, 1.54) is 16.2 Å². The fourth-order valence-corrected chi connectivity index (χ4v) is 3.35. The number of rotatable bonds is 5. The van der Waals surface area contributed by atoms with E-state index in [2.05, 4.69) is 15.3 Å². The Morgan fingerprint density at radius 3 is 2.69 bits per heavy atom. The standard InChI is InChI=1S/C19H20N4O2S/c1-12-14-7-4-5-8-15(14)22-17(20-12)11-23(3)19(25)13(2)21-18(24)16-9-6-10-26-16/h4-10,13H,11H2,1-3H3,(H,21,24). The highest BCUT2D eigenvalue weighted by molar-refractivity contribution is 7.12. The number of benzene rings is 1. The largest absolute Gasteiger partial charge is 0.340 e. The molecule has 2 amide bonds. The third kappa shape index (κ3) is 3.88. The molecule has 26 heavy (non-hydrogen) atoms. The first-order valence-corrected chi connectivity index (χ1v) is 9.15. The van der Waals surface area contributed by atoms with Gasteiger partial charge in [0, 0.05) is 18.1 Å². The van der Waals surface area contributed by atoms with Crippen molar-refractivity contribution >= 4 is 34.1 Å². The van der Waals surface area contributed by atoms with Crippen molar-refractivity contribution in [1.29, 1.82) is 0 Å². The number of hydrogen-bond acceptors (Lipinski definition) is 5. The maximum Gasteiger partial charge on any atom is 0.261 e. The zero-order chi connectivity index (χ0) is 18.7. The van der Waals surface area contributed by atoms with Crippen molar-refractivity contribution in [1.82, 2.24) is 20.2 Å². The van der Waals surface area contributed by atoms with Gasteiger partial charge in [-0.15, -0.1) is 11.3 Å². The Labute approximate surface area is 155 Å². The Bertz CT molecular complexity index is 940. The molecule has 2 heterocycles. The highest BCUT2D eigenvalue weighted by Gasteiger charge is 2.21. The van der Waals surface area contributed by atoms with Gasteiger partial charge in [0.25, 0.3) is 5.91 Å². The molecule has 0 bridgehead atoms. The number of carbonyl (C=O) groups is 2. The second-order valence-corrected chi connectivity index (χ2v) is 7.06. The van der Waals surface area contributed by atoms with Crippen LogP contribution in [0, 0.1) is 6.92 Å². The maximum absolute atomic E-state index is 12.6. The molecule has 0 aliphatic carbocycles. The van der Waals surface area contributed by atoms with E-state index in [4.69, 9.17) is 0 Å². The molecule has 0 aliphatic heterocycles. The van der Waals surface area contributed by atoms with E-state index >= 15 is 0 Å². The molecule has 0 fully saturated rings. The molecule has 3 aromatic rings. The molecule has 6 nitrogen and oxygen atoms in total. The molecule has 1 atom stereocenters. The van der Waals surface area contributed by atoms with Crippen molar-refractivity contribution in [3.05, 3.63) is 58.2 Å². The summed E-state index contributed by atoms with van der Waals surface area (Å²) in [7, 11) is 1.68. The monoisotopic (exact) mass is 368 g/mol. The summed E-state index contributed by atoms with van der Waals surface area (Å²) in [6, 6.07) is 10.7. The summed E-state index contributed by atoms with van der Waals surface area (Å²) >= 11 is 1.34. The molecule has 1 N–H and O–H groups in total. The Hall–Kier alpha value is -2.80. The number of amides is 2. The van der Waals surface area contributed by atoms with Crippen molar-refractivity contribution in [2.24, 2.45) is 0 Å². The lowest BCUT2D eigenvalue weighted by Crippen LogP contribution is -2.45. The van der Waals surface area contributed by atoms with E-state index in [1.54, 1.807) is 26.1 Å². The predicted octanol–water partition coefficient (Wildman–Crippen LogP) is 2.78. The molecule has 0 saturated heterocycles. The average molecular weight is 368 g/mol. The summed E-state index contributed by atoms with van der Waals surface area (Å²) < 4.78 is 0. The second kappa shape index (κ2) is 7.61. The van der Waals surface area contributed by atoms with E-state index in [9.17, 15) is 9.59 Å². The minimum absolute atomic E-state index is 0.190. The van der Waals surface area contributed by atoms with Crippen LogP contribution in [0.25, 0.3) is 10.9 Å². The summed E-state index contributed by atoms with van der Waals surface area (Å²) in [5, 5.41) is 5.56. The third-order valence-corrected chi connectivity index (χ3v) is 4.93. The summed E-state index contributed by atoms with van der Waals surface area (Å²) in [5.74, 6) is 0.144. The van der Waals surface area contributed by atoms with Gasteiger partial charge in [0.05, 0.1) is 16.9 Å². The fraction of sp³-hybridized carbons (Fsp3) is 0.263. The number of nitrogens with zero attached hydrogens (tertiary/aromatic N) is 3. The number of aryl methyl sites for hydroxylation is 1. The smallest absolute Gasteiger partial charge is 0.261 e. The highest BCUT2D eigenvalue weighted by atomic mass is 32.1. The zero-order valence-corrected chi connectivity index (χ0v) is 15.7. The molecule has 134 valence electrons. The predicted molar refractivity (Wildman–Crippen MR) is 102 cm³/mol. The molecular weight excluding hydrogens is 348 g/mol. The first-order valence-electron chi connectivity index (χ1n) is 8.27. The van der Waals surface area contributed by atoms with Crippen molar-refractivity contribution in [2.75, 3.05) is 7.05 Å². The Morgan fingerprint density at radius 1 is 1.19 bits per heavy atom. The Morgan fingerprint density at radius 2 is 1.96 bits per heavy atom. The molecule has 2 aromatic heterocycles. The fourth-order valence-electron chi connectivity index (χ4n) is 2.72. The molecule has 0 saturated carbocycles. The van der Waals surface area contributed by atoms with Gasteiger partial charge in [0.15, 0.2) is 0 Å². The molecule has 0 aliphatic rings. The quantitative estimate of drug-likeness (QED) is 0.751. The summed E-state index contributed by atoms with van der Waals surface area (Å²) in [5.41, 5.74) is 1.74. The van der Waals surface area contributed by atoms with Crippen LogP contribution in [0.4, 0.5) is 0 Å². The number of hydrogen-bond donors (Lipinski definition) is 1. The topological polar surface area (TPSA) is 75.2 Å². The average Bonchev–Trinajstić information content (AvgIpc) is 3.15. The van der Waals surface area contributed by atoms with E-state index < -0.39 is 6.04 Å². The number of thiophene rings is 1. The number of aromatic nitrogens is 2. The van der Waals surface area contributed by atoms with E-state index in [0.717, 1.165) is 16.6 Å².